The quantitative estimate of drug-likeness (QED) is 0.604. The summed E-state index contributed by atoms with van der Waals surface area (Å²) in [7, 11) is 0. The molecule has 2 atom stereocenters. The highest BCUT2D eigenvalue weighted by atomic mass is 19.4. The van der Waals surface area contributed by atoms with Gasteiger partial charge in [0.15, 0.2) is 11.7 Å². The van der Waals surface area contributed by atoms with Crippen LogP contribution in [0.3, 0.4) is 0 Å². The van der Waals surface area contributed by atoms with E-state index in [9.17, 15) is 18.0 Å². The van der Waals surface area contributed by atoms with Crippen LogP contribution in [0.1, 0.15) is 47.0 Å². The number of benzene rings is 2. The Bertz CT molecular complexity index is 1030. The SMILES string of the molecule is CCc1ccc(NC(=O)c2cc3n(n2)[C@@H](C(F)(F)F)C[C@H](c2ccccc2)N3)cc1. The van der Waals surface area contributed by atoms with Gasteiger partial charge in [0.1, 0.15) is 5.82 Å². The van der Waals surface area contributed by atoms with Crippen molar-refractivity contribution in [1.82, 2.24) is 9.78 Å². The van der Waals surface area contributed by atoms with Gasteiger partial charge in [-0.2, -0.15) is 18.3 Å². The standard InChI is InChI=1S/C22H21F3N4O/c1-2-14-8-10-16(11-9-14)26-21(30)18-13-20-27-17(15-6-4-3-5-7-15)12-19(22(23,24)25)29(20)28-18/h3-11,13,17,19,27H,2,12H2,1H3,(H,26,30)/t17-,19-/m1/s1. The Balaban J connectivity index is 1.61. The van der Waals surface area contributed by atoms with Gasteiger partial charge >= 0.3 is 6.18 Å². The van der Waals surface area contributed by atoms with Gasteiger partial charge in [-0.1, -0.05) is 49.4 Å². The van der Waals surface area contributed by atoms with Gasteiger partial charge in [0.05, 0.1) is 6.04 Å². The summed E-state index contributed by atoms with van der Waals surface area (Å²) in [5.41, 5.74) is 2.36. The molecule has 2 heterocycles. The monoisotopic (exact) mass is 414 g/mol. The molecule has 30 heavy (non-hydrogen) atoms. The van der Waals surface area contributed by atoms with Gasteiger partial charge < -0.3 is 10.6 Å². The lowest BCUT2D eigenvalue weighted by Gasteiger charge is -2.33. The van der Waals surface area contributed by atoms with E-state index in [1.54, 1.807) is 36.4 Å². The highest BCUT2D eigenvalue weighted by Crippen LogP contribution is 2.43. The number of carbonyl (C=O) groups excluding carboxylic acids is 1. The summed E-state index contributed by atoms with van der Waals surface area (Å²) in [4.78, 5) is 12.6. The minimum atomic E-state index is -4.49. The third-order valence-electron chi connectivity index (χ3n) is 5.24. The maximum Gasteiger partial charge on any atom is 0.410 e. The van der Waals surface area contributed by atoms with Gasteiger partial charge in [-0.15, -0.1) is 0 Å². The molecule has 3 aromatic rings. The molecule has 1 aromatic heterocycles. The highest BCUT2D eigenvalue weighted by molar-refractivity contribution is 6.03. The third-order valence-corrected chi connectivity index (χ3v) is 5.24. The summed E-state index contributed by atoms with van der Waals surface area (Å²) in [6, 6.07) is 15.3. The average molecular weight is 414 g/mol. The second-order valence-electron chi connectivity index (χ2n) is 7.26. The van der Waals surface area contributed by atoms with Crippen LogP contribution in [0, 0.1) is 0 Å². The van der Waals surface area contributed by atoms with E-state index in [-0.39, 0.29) is 17.9 Å². The zero-order valence-electron chi connectivity index (χ0n) is 16.3. The van der Waals surface area contributed by atoms with Crippen LogP contribution in [0.2, 0.25) is 0 Å². The number of rotatable bonds is 4. The molecule has 2 N–H and O–H groups in total. The van der Waals surface area contributed by atoms with E-state index in [0.717, 1.165) is 22.2 Å². The van der Waals surface area contributed by atoms with E-state index in [1.807, 2.05) is 25.1 Å². The van der Waals surface area contributed by atoms with E-state index in [4.69, 9.17) is 0 Å². The summed E-state index contributed by atoms with van der Waals surface area (Å²) in [5, 5.41) is 9.76. The molecule has 0 saturated carbocycles. The number of fused-ring (bicyclic) bond motifs is 1. The molecule has 0 spiro atoms. The summed E-state index contributed by atoms with van der Waals surface area (Å²) in [6.45, 7) is 2.02. The van der Waals surface area contributed by atoms with Crippen LogP contribution < -0.4 is 10.6 Å². The van der Waals surface area contributed by atoms with Crippen molar-refractivity contribution in [1.29, 1.82) is 0 Å². The number of amides is 1. The Morgan fingerprint density at radius 2 is 1.87 bits per heavy atom. The molecule has 0 saturated heterocycles. The lowest BCUT2D eigenvalue weighted by Crippen LogP contribution is -2.35. The first-order chi connectivity index (χ1) is 14.3. The Labute approximate surface area is 171 Å². The number of hydrogen-bond donors (Lipinski definition) is 2. The van der Waals surface area contributed by atoms with Crippen molar-refractivity contribution in [3.63, 3.8) is 0 Å². The second kappa shape index (κ2) is 7.85. The van der Waals surface area contributed by atoms with Crippen molar-refractivity contribution in [3.8, 4) is 0 Å². The minimum Gasteiger partial charge on any atom is -0.363 e. The van der Waals surface area contributed by atoms with E-state index < -0.39 is 24.2 Å². The molecule has 1 amide bonds. The zero-order valence-corrected chi connectivity index (χ0v) is 16.3. The zero-order chi connectivity index (χ0) is 21.3. The maximum atomic E-state index is 13.7. The first-order valence-electron chi connectivity index (χ1n) is 9.73. The third kappa shape index (κ3) is 4.03. The number of aryl methyl sites for hydroxylation is 1. The van der Waals surface area contributed by atoms with Crippen LogP contribution in [0.15, 0.2) is 60.7 Å². The Kier molecular flexibility index (Phi) is 5.24. The molecular weight excluding hydrogens is 393 g/mol. The van der Waals surface area contributed by atoms with Crippen LogP contribution in [-0.4, -0.2) is 21.9 Å². The van der Waals surface area contributed by atoms with Crippen LogP contribution in [0.4, 0.5) is 24.7 Å². The number of nitrogens with one attached hydrogen (secondary N) is 2. The van der Waals surface area contributed by atoms with Crippen LogP contribution in [-0.2, 0) is 6.42 Å². The summed E-state index contributed by atoms with van der Waals surface area (Å²) < 4.78 is 42.1. The number of alkyl halides is 3. The fourth-order valence-electron chi connectivity index (χ4n) is 3.61. The van der Waals surface area contributed by atoms with Crippen molar-refractivity contribution in [2.45, 2.75) is 38.0 Å². The molecule has 4 rings (SSSR count). The predicted octanol–water partition coefficient (Wildman–Crippen LogP) is 5.36. The second-order valence-corrected chi connectivity index (χ2v) is 7.26. The minimum absolute atomic E-state index is 0.0694. The smallest absolute Gasteiger partial charge is 0.363 e. The van der Waals surface area contributed by atoms with E-state index in [0.29, 0.717) is 5.69 Å². The maximum absolute atomic E-state index is 13.7. The van der Waals surface area contributed by atoms with Crippen LogP contribution in [0.5, 0.6) is 0 Å². The van der Waals surface area contributed by atoms with E-state index in [1.165, 1.54) is 6.07 Å². The van der Waals surface area contributed by atoms with Gasteiger partial charge in [-0.25, -0.2) is 4.68 Å². The number of halogens is 3. The number of aromatic nitrogens is 2. The number of hydrogen-bond acceptors (Lipinski definition) is 3. The predicted molar refractivity (Wildman–Crippen MR) is 109 cm³/mol. The molecule has 1 aliphatic heterocycles. The highest BCUT2D eigenvalue weighted by Gasteiger charge is 2.46. The molecule has 1 aliphatic rings. The van der Waals surface area contributed by atoms with Gasteiger partial charge in [0.25, 0.3) is 5.91 Å². The molecule has 156 valence electrons. The molecule has 5 nitrogen and oxygen atoms in total. The summed E-state index contributed by atoms with van der Waals surface area (Å²) >= 11 is 0. The normalized spacial score (nSPS) is 18.4. The largest absolute Gasteiger partial charge is 0.410 e. The topological polar surface area (TPSA) is 59.0 Å². The number of anilines is 2. The van der Waals surface area contributed by atoms with Crippen molar-refractivity contribution >= 4 is 17.4 Å². The van der Waals surface area contributed by atoms with Crippen molar-refractivity contribution in [2.75, 3.05) is 10.6 Å². The van der Waals surface area contributed by atoms with E-state index in [2.05, 4.69) is 15.7 Å². The number of carbonyl (C=O) groups is 1. The molecule has 0 bridgehead atoms. The van der Waals surface area contributed by atoms with Gasteiger partial charge in [0.2, 0.25) is 0 Å². The van der Waals surface area contributed by atoms with Crippen molar-refractivity contribution in [3.05, 3.63) is 77.5 Å². The first-order valence-corrected chi connectivity index (χ1v) is 9.73. The number of nitrogens with zero attached hydrogens (tertiary/aromatic N) is 2. The van der Waals surface area contributed by atoms with Crippen LogP contribution >= 0.6 is 0 Å². The molecule has 2 aromatic carbocycles. The fraction of sp³-hybridized carbons (Fsp3) is 0.273. The van der Waals surface area contributed by atoms with Crippen molar-refractivity contribution in [2.24, 2.45) is 0 Å². The van der Waals surface area contributed by atoms with Gasteiger partial charge in [-0.3, -0.25) is 4.79 Å². The molecule has 0 unspecified atom stereocenters. The van der Waals surface area contributed by atoms with Crippen LogP contribution in [0.25, 0.3) is 0 Å². The molecular formula is C22H21F3N4O. The molecule has 0 radical (unpaired) electrons. The lowest BCUT2D eigenvalue weighted by atomic mass is 9.97. The molecule has 0 fully saturated rings. The Hall–Kier alpha value is -3.29. The van der Waals surface area contributed by atoms with E-state index >= 15 is 0 Å². The Morgan fingerprint density at radius 3 is 2.50 bits per heavy atom. The Morgan fingerprint density at radius 1 is 1.17 bits per heavy atom. The summed E-state index contributed by atoms with van der Waals surface area (Å²) in [6.07, 6.45) is -3.82. The van der Waals surface area contributed by atoms with Gasteiger partial charge in [0, 0.05) is 18.2 Å². The van der Waals surface area contributed by atoms with Crippen molar-refractivity contribution < 1.29 is 18.0 Å². The molecule has 0 aliphatic carbocycles. The molecule has 8 heteroatoms. The fourth-order valence-corrected chi connectivity index (χ4v) is 3.61. The lowest BCUT2D eigenvalue weighted by molar-refractivity contribution is -0.173. The summed E-state index contributed by atoms with van der Waals surface area (Å²) in [5.74, 6) is -0.385. The van der Waals surface area contributed by atoms with Gasteiger partial charge in [-0.05, 0) is 29.7 Å². The average Bonchev–Trinajstić information content (AvgIpc) is 3.18. The first kappa shape index (κ1) is 20.0.